The lowest BCUT2D eigenvalue weighted by atomic mass is 10.1. The number of benzene rings is 1. The number of imidazole rings is 1. The molecule has 1 aromatic carbocycles. The molecular formula is C16H21N3O4. The van der Waals surface area contributed by atoms with E-state index < -0.39 is 6.10 Å². The van der Waals surface area contributed by atoms with E-state index >= 15 is 0 Å². The van der Waals surface area contributed by atoms with Crippen LogP contribution in [0.15, 0.2) is 18.2 Å². The van der Waals surface area contributed by atoms with E-state index in [4.69, 9.17) is 9.47 Å². The number of hydrogen-bond donors (Lipinski definition) is 3. The number of aliphatic hydroxyl groups excluding tert-OH is 1. The number of aliphatic hydroxyl groups is 1. The van der Waals surface area contributed by atoms with E-state index in [2.05, 4.69) is 15.3 Å². The first kappa shape index (κ1) is 15.9. The van der Waals surface area contributed by atoms with E-state index in [9.17, 15) is 9.90 Å². The molecule has 2 heterocycles. The minimum Gasteiger partial charge on any atom is -0.389 e. The van der Waals surface area contributed by atoms with Gasteiger partial charge >= 0.3 is 0 Å². The minimum absolute atomic E-state index is 0.0693. The topological polar surface area (TPSA) is 96.5 Å². The van der Waals surface area contributed by atoms with Gasteiger partial charge in [-0.1, -0.05) is 12.1 Å². The zero-order valence-corrected chi connectivity index (χ0v) is 13.0. The van der Waals surface area contributed by atoms with Gasteiger partial charge in [-0.15, -0.1) is 0 Å². The molecular weight excluding hydrogens is 298 g/mol. The van der Waals surface area contributed by atoms with Crippen LogP contribution in [0.5, 0.6) is 0 Å². The fourth-order valence-electron chi connectivity index (χ4n) is 2.68. The zero-order chi connectivity index (χ0) is 16.2. The molecule has 23 heavy (non-hydrogen) atoms. The molecule has 7 nitrogen and oxygen atoms in total. The van der Waals surface area contributed by atoms with Crippen molar-refractivity contribution in [2.24, 2.45) is 0 Å². The smallest absolute Gasteiger partial charge is 0.246 e. The molecule has 1 aromatic heterocycles. The van der Waals surface area contributed by atoms with Crippen LogP contribution in [0, 0.1) is 6.92 Å². The highest BCUT2D eigenvalue weighted by atomic mass is 16.5. The third-order valence-electron chi connectivity index (χ3n) is 3.91. The fraction of sp³-hybridized carbons (Fsp3) is 0.500. The van der Waals surface area contributed by atoms with Gasteiger partial charge in [0.1, 0.15) is 19.0 Å². The van der Waals surface area contributed by atoms with Crippen molar-refractivity contribution in [1.82, 2.24) is 15.3 Å². The molecule has 7 heteroatoms. The normalized spacial score (nSPS) is 21.5. The molecule has 1 saturated heterocycles. The number of aryl methyl sites for hydroxylation is 1. The largest absolute Gasteiger partial charge is 0.389 e. The summed E-state index contributed by atoms with van der Waals surface area (Å²) in [5.74, 6) is 0.441. The molecule has 1 aliphatic rings. The van der Waals surface area contributed by atoms with Crippen LogP contribution < -0.4 is 5.32 Å². The highest BCUT2D eigenvalue weighted by Crippen LogP contribution is 2.15. The number of nitrogens with one attached hydrogen (secondary N) is 2. The van der Waals surface area contributed by atoms with Crippen LogP contribution in [0.1, 0.15) is 17.8 Å². The summed E-state index contributed by atoms with van der Waals surface area (Å²) in [6, 6.07) is 5.65. The van der Waals surface area contributed by atoms with E-state index in [1.165, 1.54) is 0 Å². The quantitative estimate of drug-likeness (QED) is 0.752. The van der Waals surface area contributed by atoms with Gasteiger partial charge in [-0.3, -0.25) is 4.79 Å². The standard InChI is InChI=1S/C16H21N3O4/c1-10-3-2-4-12-16(10)19-14(17-12)8-23-9-15(21)18-11-5-6-22-7-13(11)20/h2-4,11,13,20H,5-9H2,1H3,(H,17,19)(H,18,21)/t11-,13-/m1/s1. The molecule has 3 N–H and O–H groups in total. The molecule has 0 aliphatic carbocycles. The highest BCUT2D eigenvalue weighted by molar-refractivity contribution is 5.78. The van der Waals surface area contributed by atoms with E-state index in [0.717, 1.165) is 16.6 Å². The number of carbonyl (C=O) groups is 1. The van der Waals surface area contributed by atoms with Gasteiger partial charge < -0.3 is 24.9 Å². The van der Waals surface area contributed by atoms with Gasteiger partial charge in [0.2, 0.25) is 5.91 Å². The van der Waals surface area contributed by atoms with E-state index in [1.807, 2.05) is 25.1 Å². The second kappa shape index (κ2) is 7.08. The van der Waals surface area contributed by atoms with Crippen LogP contribution in [-0.2, 0) is 20.9 Å². The number of para-hydroxylation sites is 1. The predicted molar refractivity (Wildman–Crippen MR) is 83.9 cm³/mol. The van der Waals surface area contributed by atoms with Crippen LogP contribution in [-0.4, -0.2) is 52.9 Å². The summed E-state index contributed by atoms with van der Waals surface area (Å²) in [6.07, 6.45) is -0.0542. The van der Waals surface area contributed by atoms with Gasteiger partial charge in [0.15, 0.2) is 0 Å². The summed E-state index contributed by atoms with van der Waals surface area (Å²) in [4.78, 5) is 19.5. The number of carbonyl (C=O) groups excluding carboxylic acids is 1. The molecule has 0 spiro atoms. The zero-order valence-electron chi connectivity index (χ0n) is 13.0. The molecule has 124 valence electrons. The maximum atomic E-state index is 11.9. The average molecular weight is 319 g/mol. The van der Waals surface area contributed by atoms with Gasteiger partial charge in [0.25, 0.3) is 0 Å². The lowest BCUT2D eigenvalue weighted by molar-refractivity contribution is -0.129. The maximum absolute atomic E-state index is 11.9. The average Bonchev–Trinajstić information content (AvgIpc) is 2.94. The summed E-state index contributed by atoms with van der Waals surface area (Å²) in [6.45, 7) is 2.96. The van der Waals surface area contributed by atoms with Crippen LogP contribution in [0.25, 0.3) is 11.0 Å². The summed E-state index contributed by atoms with van der Waals surface area (Å²) < 4.78 is 10.5. The fourth-order valence-corrected chi connectivity index (χ4v) is 2.68. The molecule has 1 amide bonds. The molecule has 0 bridgehead atoms. The molecule has 2 atom stereocenters. The highest BCUT2D eigenvalue weighted by Gasteiger charge is 2.25. The van der Waals surface area contributed by atoms with Crippen LogP contribution in [0.3, 0.4) is 0 Å². The molecule has 0 radical (unpaired) electrons. The van der Waals surface area contributed by atoms with Crippen molar-refractivity contribution in [3.8, 4) is 0 Å². The van der Waals surface area contributed by atoms with Crippen molar-refractivity contribution in [2.75, 3.05) is 19.8 Å². The van der Waals surface area contributed by atoms with Gasteiger partial charge in [0.05, 0.1) is 29.8 Å². The van der Waals surface area contributed by atoms with Gasteiger partial charge in [-0.2, -0.15) is 0 Å². The first-order valence-electron chi connectivity index (χ1n) is 7.70. The number of fused-ring (bicyclic) bond motifs is 1. The van der Waals surface area contributed by atoms with Crippen molar-refractivity contribution in [2.45, 2.75) is 32.1 Å². The third kappa shape index (κ3) is 3.87. The van der Waals surface area contributed by atoms with E-state index in [1.54, 1.807) is 0 Å². The van der Waals surface area contributed by atoms with Gasteiger partial charge in [-0.25, -0.2) is 4.98 Å². The molecule has 0 unspecified atom stereocenters. The molecule has 1 aliphatic heterocycles. The Kier molecular flexibility index (Phi) is 4.90. The van der Waals surface area contributed by atoms with E-state index in [-0.39, 0.29) is 31.8 Å². The number of ether oxygens (including phenoxy) is 2. The summed E-state index contributed by atoms with van der Waals surface area (Å²) >= 11 is 0. The lowest BCUT2D eigenvalue weighted by Crippen LogP contribution is -2.49. The van der Waals surface area contributed by atoms with E-state index in [0.29, 0.717) is 18.9 Å². The Labute approximate surface area is 134 Å². The Morgan fingerprint density at radius 1 is 1.57 bits per heavy atom. The molecule has 2 aromatic rings. The Hall–Kier alpha value is -1.96. The number of aromatic amines is 1. The predicted octanol–water partition coefficient (Wildman–Crippen LogP) is 0.654. The summed E-state index contributed by atoms with van der Waals surface area (Å²) in [5.41, 5.74) is 2.97. The van der Waals surface area contributed by atoms with Crippen molar-refractivity contribution >= 4 is 16.9 Å². The van der Waals surface area contributed by atoms with Crippen molar-refractivity contribution in [3.63, 3.8) is 0 Å². The number of hydrogen-bond acceptors (Lipinski definition) is 5. The Morgan fingerprint density at radius 3 is 3.22 bits per heavy atom. The van der Waals surface area contributed by atoms with Crippen molar-refractivity contribution < 1.29 is 19.4 Å². The maximum Gasteiger partial charge on any atom is 0.246 e. The molecule has 0 saturated carbocycles. The third-order valence-corrected chi connectivity index (χ3v) is 3.91. The monoisotopic (exact) mass is 319 g/mol. The SMILES string of the molecule is Cc1cccc2[nH]c(COCC(=O)N[C@@H]3CCOC[C@H]3O)nc12. The Morgan fingerprint density at radius 2 is 2.43 bits per heavy atom. The Bertz CT molecular complexity index is 685. The van der Waals surface area contributed by atoms with Crippen LogP contribution >= 0.6 is 0 Å². The van der Waals surface area contributed by atoms with Crippen molar-refractivity contribution in [3.05, 3.63) is 29.6 Å². The van der Waals surface area contributed by atoms with Crippen LogP contribution in [0.2, 0.25) is 0 Å². The van der Waals surface area contributed by atoms with Crippen molar-refractivity contribution in [1.29, 1.82) is 0 Å². The number of rotatable bonds is 5. The lowest BCUT2D eigenvalue weighted by Gasteiger charge is -2.28. The number of amides is 1. The Balaban J connectivity index is 1.48. The van der Waals surface area contributed by atoms with Gasteiger partial charge in [-0.05, 0) is 25.0 Å². The number of aromatic nitrogens is 2. The summed E-state index contributed by atoms with van der Waals surface area (Å²) in [7, 11) is 0. The number of H-pyrrole nitrogens is 1. The molecule has 3 rings (SSSR count). The molecule has 1 fully saturated rings. The second-order valence-electron chi connectivity index (χ2n) is 5.75. The summed E-state index contributed by atoms with van der Waals surface area (Å²) in [5, 5.41) is 12.5. The minimum atomic E-state index is -0.661. The number of nitrogens with zero attached hydrogens (tertiary/aromatic N) is 1. The van der Waals surface area contributed by atoms with Gasteiger partial charge in [0, 0.05) is 6.61 Å². The first-order chi connectivity index (χ1) is 11.1. The second-order valence-corrected chi connectivity index (χ2v) is 5.75. The first-order valence-corrected chi connectivity index (χ1v) is 7.70. The van der Waals surface area contributed by atoms with Crippen LogP contribution in [0.4, 0.5) is 0 Å².